The minimum absolute atomic E-state index is 0.00838. The fraction of sp³-hybridized carbons (Fsp3) is 0.286. The fourth-order valence-electron chi connectivity index (χ4n) is 4.34. The van der Waals surface area contributed by atoms with Gasteiger partial charge in [0.05, 0.1) is 4.90 Å². The Kier molecular flexibility index (Phi) is 7.86. The van der Waals surface area contributed by atoms with Crippen molar-refractivity contribution in [1.29, 1.82) is 0 Å². The van der Waals surface area contributed by atoms with E-state index in [0.29, 0.717) is 25.1 Å². The number of hydrogen-bond acceptors (Lipinski definition) is 4. The van der Waals surface area contributed by atoms with Gasteiger partial charge in [-0.05, 0) is 66.3 Å². The van der Waals surface area contributed by atoms with Crippen LogP contribution in [0.1, 0.15) is 37.0 Å². The van der Waals surface area contributed by atoms with Gasteiger partial charge >= 0.3 is 0 Å². The Bertz CT molecular complexity index is 1340. The molecule has 0 saturated heterocycles. The largest absolute Gasteiger partial charge is 0.325 e. The third-order valence-corrected chi connectivity index (χ3v) is 7.86. The second kappa shape index (κ2) is 11.1. The second-order valence-corrected chi connectivity index (χ2v) is 10.6. The Morgan fingerprint density at radius 3 is 2.33 bits per heavy atom. The molecule has 0 bridgehead atoms. The van der Waals surface area contributed by atoms with Gasteiger partial charge in [-0.1, -0.05) is 56.3 Å². The van der Waals surface area contributed by atoms with E-state index in [1.807, 2.05) is 54.6 Å². The van der Waals surface area contributed by atoms with Gasteiger partial charge in [0.25, 0.3) is 0 Å². The van der Waals surface area contributed by atoms with Crippen LogP contribution in [0, 0.1) is 0 Å². The number of fused-ring (bicyclic) bond motifs is 1. The summed E-state index contributed by atoms with van der Waals surface area (Å²) in [5, 5.41) is 2.84. The van der Waals surface area contributed by atoms with E-state index in [-0.39, 0.29) is 17.2 Å². The van der Waals surface area contributed by atoms with Crippen LogP contribution in [0.25, 0.3) is 0 Å². The van der Waals surface area contributed by atoms with Gasteiger partial charge in [0, 0.05) is 24.3 Å². The molecule has 0 aromatic heterocycles. The Hall–Kier alpha value is -3.49. The average Bonchev–Trinajstić information content (AvgIpc) is 3.32. The van der Waals surface area contributed by atoms with Crippen LogP contribution in [0.15, 0.2) is 77.7 Å². The van der Waals surface area contributed by atoms with Crippen LogP contribution in [-0.2, 0) is 38.9 Å². The van der Waals surface area contributed by atoms with Crippen molar-refractivity contribution in [2.45, 2.75) is 50.5 Å². The molecule has 4 rings (SSSR count). The van der Waals surface area contributed by atoms with Crippen molar-refractivity contribution in [2.24, 2.45) is 0 Å². The maximum absolute atomic E-state index is 13.4. The van der Waals surface area contributed by atoms with Crippen LogP contribution in [-0.4, -0.2) is 32.8 Å². The van der Waals surface area contributed by atoms with Crippen LogP contribution < -0.4 is 14.9 Å². The lowest BCUT2D eigenvalue weighted by molar-refractivity contribution is -0.118. The van der Waals surface area contributed by atoms with Gasteiger partial charge in [0.15, 0.2) is 0 Å². The van der Waals surface area contributed by atoms with Crippen molar-refractivity contribution in [3.05, 3.63) is 89.5 Å². The number of carbonyl (C=O) groups is 2. The first-order chi connectivity index (χ1) is 17.3. The minimum Gasteiger partial charge on any atom is -0.325 e. The molecule has 0 fully saturated rings. The molecule has 36 heavy (non-hydrogen) atoms. The summed E-state index contributed by atoms with van der Waals surface area (Å²) in [5.41, 5.74) is 4.14. The summed E-state index contributed by atoms with van der Waals surface area (Å²) >= 11 is 0. The molecule has 3 aromatic carbocycles. The highest BCUT2D eigenvalue weighted by atomic mass is 32.2. The lowest BCUT2D eigenvalue weighted by atomic mass is 10.1. The summed E-state index contributed by atoms with van der Waals surface area (Å²) in [4.78, 5) is 27.2. The van der Waals surface area contributed by atoms with Crippen molar-refractivity contribution >= 4 is 33.2 Å². The van der Waals surface area contributed by atoms with E-state index < -0.39 is 22.0 Å². The summed E-state index contributed by atoms with van der Waals surface area (Å²) < 4.78 is 29.4. The molecular weight excluding hydrogens is 474 g/mol. The van der Waals surface area contributed by atoms with Gasteiger partial charge in [-0.15, -0.1) is 0 Å². The van der Waals surface area contributed by atoms with E-state index in [0.717, 1.165) is 28.8 Å². The normalized spacial score (nSPS) is 13.8. The third-order valence-electron chi connectivity index (χ3n) is 6.39. The number of benzene rings is 3. The number of anilines is 2. The Balaban J connectivity index is 1.57. The second-order valence-electron chi connectivity index (χ2n) is 8.84. The molecule has 2 amide bonds. The Morgan fingerprint density at radius 1 is 0.944 bits per heavy atom. The Morgan fingerprint density at radius 2 is 1.67 bits per heavy atom. The number of aryl methyl sites for hydroxylation is 1. The van der Waals surface area contributed by atoms with Gasteiger partial charge in [-0.3, -0.25) is 9.59 Å². The maximum atomic E-state index is 13.4. The molecule has 0 spiro atoms. The number of hydrogen-bond donors (Lipinski definition) is 2. The fourth-order valence-corrected chi connectivity index (χ4v) is 5.59. The first-order valence-corrected chi connectivity index (χ1v) is 13.7. The summed E-state index contributed by atoms with van der Waals surface area (Å²) in [5.74, 6) is -0.429. The monoisotopic (exact) mass is 505 g/mol. The molecule has 1 aliphatic heterocycles. The van der Waals surface area contributed by atoms with E-state index in [9.17, 15) is 18.0 Å². The third kappa shape index (κ3) is 5.83. The number of amides is 2. The molecule has 1 atom stereocenters. The van der Waals surface area contributed by atoms with Crippen molar-refractivity contribution in [1.82, 2.24) is 4.72 Å². The number of nitrogens with one attached hydrogen (secondary N) is 2. The van der Waals surface area contributed by atoms with Gasteiger partial charge in [0.1, 0.15) is 6.04 Å². The Labute approximate surface area is 212 Å². The number of rotatable bonds is 9. The van der Waals surface area contributed by atoms with E-state index in [1.54, 1.807) is 24.0 Å². The van der Waals surface area contributed by atoms with Crippen LogP contribution in [0.4, 0.5) is 11.4 Å². The van der Waals surface area contributed by atoms with Crippen molar-refractivity contribution in [3.8, 4) is 0 Å². The SMILES string of the molecule is CCC(=O)N1CCc2cc(S(=O)(=O)N[C@@H](Cc3ccccc3)C(=O)Nc3ccc(CC)cc3)ccc21. The van der Waals surface area contributed by atoms with Crippen molar-refractivity contribution < 1.29 is 18.0 Å². The first kappa shape index (κ1) is 25.6. The first-order valence-electron chi connectivity index (χ1n) is 12.2. The predicted octanol–water partition coefficient (Wildman–Crippen LogP) is 4.08. The van der Waals surface area contributed by atoms with Gasteiger partial charge in [0.2, 0.25) is 21.8 Å². The molecule has 8 heteroatoms. The predicted molar refractivity (Wildman–Crippen MR) is 141 cm³/mol. The number of sulfonamides is 1. The van der Waals surface area contributed by atoms with Crippen LogP contribution in [0.5, 0.6) is 0 Å². The summed E-state index contributed by atoms with van der Waals surface area (Å²) in [6.07, 6.45) is 2.06. The van der Waals surface area contributed by atoms with Gasteiger partial charge < -0.3 is 10.2 Å². The number of nitrogens with zero attached hydrogens (tertiary/aromatic N) is 1. The highest BCUT2D eigenvalue weighted by Gasteiger charge is 2.29. The molecule has 0 saturated carbocycles. The van der Waals surface area contributed by atoms with Gasteiger partial charge in [-0.25, -0.2) is 8.42 Å². The van der Waals surface area contributed by atoms with E-state index in [1.165, 1.54) is 6.07 Å². The zero-order valence-corrected chi connectivity index (χ0v) is 21.3. The molecule has 1 heterocycles. The van der Waals surface area contributed by atoms with Crippen LogP contribution in [0.3, 0.4) is 0 Å². The summed E-state index contributed by atoms with van der Waals surface area (Å²) in [7, 11) is -4.01. The molecule has 2 N–H and O–H groups in total. The minimum atomic E-state index is -4.01. The molecule has 1 aliphatic rings. The molecule has 0 aliphatic carbocycles. The number of carbonyl (C=O) groups excluding carboxylic acids is 2. The molecular formula is C28H31N3O4S. The van der Waals surface area contributed by atoms with Crippen LogP contribution >= 0.6 is 0 Å². The topological polar surface area (TPSA) is 95.6 Å². The molecule has 3 aromatic rings. The standard InChI is InChI=1S/C28H31N3O4S/c1-3-20-10-12-23(13-11-20)29-28(33)25(18-21-8-6-5-7-9-21)30-36(34,35)24-14-15-26-22(19-24)16-17-31(26)27(32)4-2/h5-15,19,25,30H,3-4,16-18H2,1-2H3,(H,29,33)/t25-/m0/s1. The smallest absolute Gasteiger partial charge is 0.242 e. The highest BCUT2D eigenvalue weighted by molar-refractivity contribution is 7.89. The van der Waals surface area contributed by atoms with E-state index in [2.05, 4.69) is 17.0 Å². The molecule has 0 radical (unpaired) electrons. The molecule has 188 valence electrons. The van der Waals surface area contributed by atoms with Gasteiger partial charge in [-0.2, -0.15) is 4.72 Å². The maximum Gasteiger partial charge on any atom is 0.242 e. The quantitative estimate of drug-likeness (QED) is 0.458. The summed E-state index contributed by atoms with van der Waals surface area (Å²) in [6, 6.07) is 20.5. The van der Waals surface area contributed by atoms with E-state index >= 15 is 0 Å². The molecule has 7 nitrogen and oxygen atoms in total. The zero-order chi connectivity index (χ0) is 25.7. The molecule has 0 unspecified atom stereocenters. The summed E-state index contributed by atoms with van der Waals surface area (Å²) in [6.45, 7) is 4.39. The van der Waals surface area contributed by atoms with Crippen molar-refractivity contribution in [3.63, 3.8) is 0 Å². The zero-order valence-electron chi connectivity index (χ0n) is 20.5. The van der Waals surface area contributed by atoms with Crippen molar-refractivity contribution in [2.75, 3.05) is 16.8 Å². The lowest BCUT2D eigenvalue weighted by Gasteiger charge is -2.20. The lowest BCUT2D eigenvalue weighted by Crippen LogP contribution is -2.45. The van der Waals surface area contributed by atoms with E-state index in [4.69, 9.17) is 0 Å². The average molecular weight is 506 g/mol. The highest BCUT2D eigenvalue weighted by Crippen LogP contribution is 2.30. The van der Waals surface area contributed by atoms with Crippen LogP contribution in [0.2, 0.25) is 0 Å².